The molecule has 4 heteroatoms. The van der Waals surface area contributed by atoms with Crippen molar-refractivity contribution in [1.29, 1.82) is 0 Å². The lowest BCUT2D eigenvalue weighted by molar-refractivity contribution is 0.0736. The molecule has 0 aliphatic carbocycles. The molecule has 3 aromatic rings. The van der Waals surface area contributed by atoms with Crippen LogP contribution in [0, 0.1) is 6.92 Å². The molecular formula is C25H29ClN2O. The van der Waals surface area contributed by atoms with E-state index in [1.165, 1.54) is 11.1 Å². The first kappa shape index (κ1) is 21.2. The Morgan fingerprint density at radius 1 is 1.03 bits per heavy atom. The number of hydrogen-bond acceptors (Lipinski definition) is 1. The fourth-order valence-corrected chi connectivity index (χ4v) is 3.78. The van der Waals surface area contributed by atoms with Crippen molar-refractivity contribution in [2.24, 2.45) is 0 Å². The van der Waals surface area contributed by atoms with E-state index in [4.69, 9.17) is 11.6 Å². The largest absolute Gasteiger partial charge is 0.345 e. The minimum absolute atomic E-state index is 0.00462. The predicted molar refractivity (Wildman–Crippen MR) is 120 cm³/mol. The Balaban J connectivity index is 1.80. The van der Waals surface area contributed by atoms with Crippen molar-refractivity contribution in [1.82, 2.24) is 9.47 Å². The van der Waals surface area contributed by atoms with Gasteiger partial charge < -0.3 is 9.47 Å². The third-order valence-electron chi connectivity index (χ3n) is 5.13. The van der Waals surface area contributed by atoms with E-state index in [9.17, 15) is 4.79 Å². The fourth-order valence-electron chi connectivity index (χ4n) is 3.56. The molecule has 1 aromatic heterocycles. The Bertz CT molecular complexity index is 947. The van der Waals surface area contributed by atoms with Crippen molar-refractivity contribution < 1.29 is 4.79 Å². The minimum atomic E-state index is -0.00462. The number of benzene rings is 2. The second-order valence-corrected chi connectivity index (χ2v) is 7.94. The van der Waals surface area contributed by atoms with Crippen LogP contribution in [0.2, 0.25) is 5.02 Å². The summed E-state index contributed by atoms with van der Waals surface area (Å²) in [7, 11) is 0. The maximum atomic E-state index is 13.2. The molecule has 0 N–H and O–H groups in total. The number of halogens is 1. The summed E-state index contributed by atoms with van der Waals surface area (Å²) in [6, 6.07) is 20.0. The summed E-state index contributed by atoms with van der Waals surface area (Å²) in [5, 5.41) is 0.508. The van der Waals surface area contributed by atoms with E-state index >= 15 is 0 Å². The van der Waals surface area contributed by atoms with Crippen LogP contribution in [0.15, 0.2) is 66.9 Å². The number of unbranched alkanes of at least 4 members (excludes halogenated alkanes) is 2. The minimum Gasteiger partial charge on any atom is -0.345 e. The molecule has 0 spiro atoms. The summed E-state index contributed by atoms with van der Waals surface area (Å²) in [4.78, 5) is 15.2. The van der Waals surface area contributed by atoms with Crippen molar-refractivity contribution in [3.63, 3.8) is 0 Å². The molecule has 0 fully saturated rings. The van der Waals surface area contributed by atoms with E-state index in [0.717, 1.165) is 38.0 Å². The first-order valence-electron chi connectivity index (χ1n) is 10.3. The monoisotopic (exact) mass is 408 g/mol. The Morgan fingerprint density at radius 3 is 2.62 bits per heavy atom. The molecule has 0 unspecified atom stereocenters. The topological polar surface area (TPSA) is 25.2 Å². The maximum Gasteiger partial charge on any atom is 0.255 e. The molecule has 1 heterocycles. The Labute approximate surface area is 178 Å². The van der Waals surface area contributed by atoms with Crippen LogP contribution in [0.25, 0.3) is 0 Å². The Morgan fingerprint density at radius 2 is 1.86 bits per heavy atom. The molecule has 2 aromatic carbocycles. The predicted octanol–water partition coefficient (Wildman–Crippen LogP) is 6.33. The molecule has 152 valence electrons. The van der Waals surface area contributed by atoms with E-state index in [2.05, 4.69) is 61.0 Å². The van der Waals surface area contributed by atoms with Gasteiger partial charge >= 0.3 is 0 Å². The van der Waals surface area contributed by atoms with E-state index < -0.39 is 0 Å². The lowest BCUT2D eigenvalue weighted by Crippen LogP contribution is -2.32. The Kier molecular flexibility index (Phi) is 7.54. The SMILES string of the molecule is CCCCCN(Cc1cccn1Cc1cccc(C)c1)C(=O)c1ccccc1Cl. The number of amides is 1. The average molecular weight is 409 g/mol. The highest BCUT2D eigenvalue weighted by atomic mass is 35.5. The van der Waals surface area contributed by atoms with Gasteiger partial charge in [-0.3, -0.25) is 4.79 Å². The number of carbonyl (C=O) groups excluding carboxylic acids is 1. The Hall–Kier alpha value is -2.52. The van der Waals surface area contributed by atoms with Gasteiger partial charge in [0.2, 0.25) is 0 Å². The molecule has 0 bridgehead atoms. The lowest BCUT2D eigenvalue weighted by Gasteiger charge is -2.24. The molecule has 0 radical (unpaired) electrons. The van der Waals surface area contributed by atoms with Crippen LogP contribution in [-0.2, 0) is 13.1 Å². The van der Waals surface area contributed by atoms with Gasteiger partial charge in [0.15, 0.2) is 0 Å². The zero-order chi connectivity index (χ0) is 20.6. The summed E-state index contributed by atoms with van der Waals surface area (Å²) in [6.45, 7) is 6.39. The van der Waals surface area contributed by atoms with Crippen molar-refractivity contribution in [3.05, 3.63) is 94.3 Å². The third kappa shape index (κ3) is 5.74. The summed E-state index contributed by atoms with van der Waals surface area (Å²) in [5.41, 5.74) is 4.22. The molecule has 1 amide bonds. The van der Waals surface area contributed by atoms with Crippen molar-refractivity contribution in [2.45, 2.75) is 46.2 Å². The van der Waals surface area contributed by atoms with Crippen LogP contribution in [0.1, 0.15) is 53.4 Å². The first-order valence-corrected chi connectivity index (χ1v) is 10.7. The summed E-state index contributed by atoms with van der Waals surface area (Å²) in [6.07, 6.45) is 5.31. The first-order chi connectivity index (χ1) is 14.1. The van der Waals surface area contributed by atoms with Crippen LogP contribution in [-0.4, -0.2) is 21.9 Å². The zero-order valence-corrected chi connectivity index (χ0v) is 18.0. The number of rotatable bonds is 9. The molecule has 3 nitrogen and oxygen atoms in total. The second-order valence-electron chi connectivity index (χ2n) is 7.53. The van der Waals surface area contributed by atoms with Gasteiger partial charge in [-0.1, -0.05) is 73.3 Å². The van der Waals surface area contributed by atoms with E-state index in [0.29, 0.717) is 17.1 Å². The molecule has 0 aliphatic heterocycles. The van der Waals surface area contributed by atoms with Crippen molar-refractivity contribution in [3.8, 4) is 0 Å². The number of nitrogens with zero attached hydrogens (tertiary/aromatic N) is 2. The maximum absolute atomic E-state index is 13.2. The quantitative estimate of drug-likeness (QED) is 0.379. The van der Waals surface area contributed by atoms with Gasteiger partial charge in [0.25, 0.3) is 5.91 Å². The highest BCUT2D eigenvalue weighted by molar-refractivity contribution is 6.33. The number of carbonyl (C=O) groups is 1. The van der Waals surface area contributed by atoms with Gasteiger partial charge in [-0.25, -0.2) is 0 Å². The van der Waals surface area contributed by atoms with Crippen molar-refractivity contribution in [2.75, 3.05) is 6.54 Å². The fraction of sp³-hybridized carbons (Fsp3) is 0.320. The van der Waals surface area contributed by atoms with Crippen LogP contribution < -0.4 is 0 Å². The molecule has 0 saturated heterocycles. The number of aryl methyl sites for hydroxylation is 1. The van der Waals surface area contributed by atoms with Gasteiger partial charge in [0, 0.05) is 25.0 Å². The summed E-state index contributed by atoms with van der Waals surface area (Å²) >= 11 is 6.31. The van der Waals surface area contributed by atoms with E-state index in [1.807, 2.05) is 23.1 Å². The van der Waals surface area contributed by atoms with Gasteiger partial charge in [0.1, 0.15) is 0 Å². The van der Waals surface area contributed by atoms with E-state index in [-0.39, 0.29) is 5.91 Å². The molecule has 0 atom stereocenters. The van der Waals surface area contributed by atoms with E-state index in [1.54, 1.807) is 6.07 Å². The third-order valence-corrected chi connectivity index (χ3v) is 5.46. The van der Waals surface area contributed by atoms with Gasteiger partial charge in [-0.15, -0.1) is 0 Å². The highest BCUT2D eigenvalue weighted by Crippen LogP contribution is 2.20. The molecule has 29 heavy (non-hydrogen) atoms. The van der Waals surface area contributed by atoms with Gasteiger partial charge in [-0.2, -0.15) is 0 Å². The summed E-state index contributed by atoms with van der Waals surface area (Å²) < 4.78 is 2.22. The number of aromatic nitrogens is 1. The van der Waals surface area contributed by atoms with Crippen LogP contribution in [0.4, 0.5) is 0 Å². The molecule has 0 aliphatic rings. The highest BCUT2D eigenvalue weighted by Gasteiger charge is 2.19. The standard InChI is InChI=1S/C25H29ClN2O/c1-3-4-7-15-28(25(29)23-13-5-6-14-24(23)26)19-22-12-9-16-27(22)18-21-11-8-10-20(2)17-21/h5-6,8-14,16-17H,3-4,7,15,18-19H2,1-2H3. The zero-order valence-electron chi connectivity index (χ0n) is 17.3. The lowest BCUT2D eigenvalue weighted by atomic mass is 10.1. The van der Waals surface area contributed by atoms with Gasteiger partial charge in [0.05, 0.1) is 17.1 Å². The smallest absolute Gasteiger partial charge is 0.255 e. The summed E-state index contributed by atoms with van der Waals surface area (Å²) in [5.74, 6) is -0.00462. The van der Waals surface area contributed by atoms with Crippen LogP contribution in [0.5, 0.6) is 0 Å². The van der Waals surface area contributed by atoms with Gasteiger partial charge in [-0.05, 0) is 43.2 Å². The molecule has 3 rings (SSSR count). The average Bonchev–Trinajstić information content (AvgIpc) is 3.14. The molecule has 0 saturated carbocycles. The van der Waals surface area contributed by atoms with Crippen LogP contribution in [0.3, 0.4) is 0 Å². The number of hydrogen-bond donors (Lipinski definition) is 0. The normalized spacial score (nSPS) is 10.9. The second kappa shape index (κ2) is 10.3. The van der Waals surface area contributed by atoms with Crippen LogP contribution >= 0.6 is 11.6 Å². The molecular weight excluding hydrogens is 380 g/mol. The van der Waals surface area contributed by atoms with Crippen molar-refractivity contribution >= 4 is 17.5 Å².